The molecule has 0 aromatic heterocycles. The van der Waals surface area contributed by atoms with Gasteiger partial charge in [0.2, 0.25) is 0 Å². The Bertz CT molecular complexity index is 626. The predicted molar refractivity (Wildman–Crippen MR) is 97.1 cm³/mol. The highest BCUT2D eigenvalue weighted by atomic mass is 16.6. The highest BCUT2D eigenvalue weighted by Gasteiger charge is 2.37. The second-order valence-corrected chi connectivity index (χ2v) is 6.79. The number of ether oxygens (including phenoxy) is 2. The van der Waals surface area contributed by atoms with Gasteiger partial charge >= 0.3 is 12.1 Å². The number of urea groups is 1. The zero-order chi connectivity index (χ0) is 18.5. The average molecular weight is 361 g/mol. The minimum atomic E-state index is -0.209. The summed E-state index contributed by atoms with van der Waals surface area (Å²) in [5.74, 6) is 0.799. The van der Waals surface area contributed by atoms with E-state index >= 15 is 0 Å². The van der Waals surface area contributed by atoms with Gasteiger partial charge in [-0.2, -0.15) is 0 Å². The van der Waals surface area contributed by atoms with Gasteiger partial charge < -0.3 is 24.6 Å². The third kappa shape index (κ3) is 4.20. The van der Waals surface area contributed by atoms with Gasteiger partial charge in [-0.05, 0) is 37.0 Å². The topological polar surface area (TPSA) is 71.1 Å². The molecule has 0 saturated carbocycles. The van der Waals surface area contributed by atoms with E-state index in [0.29, 0.717) is 26.2 Å². The first kappa shape index (κ1) is 18.4. The molecule has 26 heavy (non-hydrogen) atoms. The molecule has 142 valence electrons. The molecule has 2 heterocycles. The number of rotatable bonds is 5. The van der Waals surface area contributed by atoms with Crippen LogP contribution in [0.1, 0.15) is 31.7 Å². The summed E-state index contributed by atoms with van der Waals surface area (Å²) in [6.07, 6.45) is 2.23. The fourth-order valence-electron chi connectivity index (χ4n) is 3.47. The van der Waals surface area contributed by atoms with E-state index in [-0.39, 0.29) is 24.3 Å². The van der Waals surface area contributed by atoms with Crippen LogP contribution in [0.5, 0.6) is 5.75 Å². The molecule has 7 nitrogen and oxygen atoms in total. The van der Waals surface area contributed by atoms with Crippen molar-refractivity contribution >= 4 is 12.1 Å². The van der Waals surface area contributed by atoms with Crippen LogP contribution in [0.2, 0.25) is 0 Å². The monoisotopic (exact) mass is 361 g/mol. The molecule has 0 aliphatic carbocycles. The first-order chi connectivity index (χ1) is 12.6. The van der Waals surface area contributed by atoms with Crippen molar-refractivity contribution in [3.8, 4) is 5.75 Å². The standard InChI is InChI=1S/C19H27N3O4/c1-3-16-13-22(19(24)26-16)15-8-10-21(11-9-15)18(23)20-12-14-4-6-17(25-2)7-5-14/h4-7,15-16H,3,8-13H2,1-2H3,(H,20,23). The molecule has 2 aliphatic heterocycles. The second-order valence-electron chi connectivity index (χ2n) is 6.79. The molecule has 3 rings (SSSR count). The lowest BCUT2D eigenvalue weighted by Crippen LogP contribution is -2.49. The van der Waals surface area contributed by atoms with Crippen LogP contribution < -0.4 is 10.1 Å². The molecule has 1 unspecified atom stereocenters. The van der Waals surface area contributed by atoms with Crippen molar-refractivity contribution in [2.24, 2.45) is 0 Å². The lowest BCUT2D eigenvalue weighted by Gasteiger charge is -2.35. The highest BCUT2D eigenvalue weighted by molar-refractivity contribution is 5.74. The Balaban J connectivity index is 1.44. The zero-order valence-corrected chi connectivity index (χ0v) is 15.4. The number of piperidine rings is 1. The Kier molecular flexibility index (Phi) is 5.85. The number of likely N-dealkylation sites (tertiary alicyclic amines) is 1. The number of nitrogens with zero attached hydrogens (tertiary/aromatic N) is 2. The molecule has 1 aromatic rings. The first-order valence-electron chi connectivity index (χ1n) is 9.23. The van der Waals surface area contributed by atoms with E-state index in [0.717, 1.165) is 30.6 Å². The minimum Gasteiger partial charge on any atom is -0.497 e. The maximum atomic E-state index is 12.4. The van der Waals surface area contributed by atoms with Crippen LogP contribution in [-0.4, -0.2) is 60.8 Å². The van der Waals surface area contributed by atoms with E-state index in [9.17, 15) is 9.59 Å². The van der Waals surface area contributed by atoms with E-state index in [4.69, 9.17) is 9.47 Å². The quantitative estimate of drug-likeness (QED) is 0.875. The normalized spacial score (nSPS) is 20.8. The number of hydrogen-bond acceptors (Lipinski definition) is 4. The number of amides is 3. The molecule has 1 aromatic carbocycles. The Morgan fingerprint density at radius 1 is 1.27 bits per heavy atom. The summed E-state index contributed by atoms with van der Waals surface area (Å²) in [4.78, 5) is 28.0. The molecule has 2 aliphatic rings. The number of methoxy groups -OCH3 is 1. The molecule has 1 N–H and O–H groups in total. The molecule has 7 heteroatoms. The zero-order valence-electron chi connectivity index (χ0n) is 15.4. The average Bonchev–Trinajstić information content (AvgIpc) is 3.07. The van der Waals surface area contributed by atoms with Crippen LogP contribution in [0.4, 0.5) is 9.59 Å². The Labute approximate surface area is 154 Å². The van der Waals surface area contributed by atoms with E-state index in [2.05, 4.69) is 5.32 Å². The van der Waals surface area contributed by atoms with Crippen molar-refractivity contribution in [3.63, 3.8) is 0 Å². The molecular weight excluding hydrogens is 334 g/mol. The fourth-order valence-corrected chi connectivity index (χ4v) is 3.47. The van der Waals surface area contributed by atoms with Crippen molar-refractivity contribution in [2.75, 3.05) is 26.7 Å². The van der Waals surface area contributed by atoms with E-state index < -0.39 is 0 Å². The summed E-state index contributed by atoms with van der Waals surface area (Å²) in [5.41, 5.74) is 1.03. The maximum absolute atomic E-state index is 12.4. The van der Waals surface area contributed by atoms with Gasteiger partial charge in [0.1, 0.15) is 11.9 Å². The first-order valence-corrected chi connectivity index (χ1v) is 9.23. The van der Waals surface area contributed by atoms with Crippen molar-refractivity contribution in [1.29, 1.82) is 0 Å². The van der Waals surface area contributed by atoms with Crippen LogP contribution in [0.3, 0.4) is 0 Å². The molecule has 0 radical (unpaired) electrons. The number of nitrogens with one attached hydrogen (secondary N) is 1. The number of cyclic esters (lactones) is 1. The fraction of sp³-hybridized carbons (Fsp3) is 0.579. The van der Waals surface area contributed by atoms with Crippen molar-refractivity contribution in [3.05, 3.63) is 29.8 Å². The van der Waals surface area contributed by atoms with Crippen LogP contribution in [-0.2, 0) is 11.3 Å². The number of hydrogen-bond donors (Lipinski definition) is 1. The molecule has 3 amide bonds. The molecule has 1 atom stereocenters. The SMILES string of the molecule is CCC1CN(C2CCN(C(=O)NCc3ccc(OC)cc3)CC2)C(=O)O1. The number of carbonyl (C=O) groups is 2. The number of carbonyl (C=O) groups excluding carboxylic acids is 2. The molecule has 0 bridgehead atoms. The smallest absolute Gasteiger partial charge is 0.410 e. The van der Waals surface area contributed by atoms with E-state index in [1.165, 1.54) is 0 Å². The van der Waals surface area contributed by atoms with Gasteiger partial charge in [0.05, 0.1) is 13.7 Å². The largest absolute Gasteiger partial charge is 0.497 e. The lowest BCUT2D eigenvalue weighted by atomic mass is 10.0. The molecule has 2 fully saturated rings. The van der Waals surface area contributed by atoms with Crippen molar-refractivity contribution < 1.29 is 19.1 Å². The Morgan fingerprint density at radius 3 is 2.54 bits per heavy atom. The summed E-state index contributed by atoms with van der Waals surface area (Å²) in [7, 11) is 1.63. The second kappa shape index (κ2) is 8.29. The highest BCUT2D eigenvalue weighted by Crippen LogP contribution is 2.23. The summed E-state index contributed by atoms with van der Waals surface area (Å²) < 4.78 is 10.5. The Hall–Kier alpha value is -2.44. The predicted octanol–water partition coefficient (Wildman–Crippen LogP) is 2.60. The van der Waals surface area contributed by atoms with Crippen LogP contribution in [0.25, 0.3) is 0 Å². The van der Waals surface area contributed by atoms with Gasteiger partial charge in [0.15, 0.2) is 0 Å². The lowest BCUT2D eigenvalue weighted by molar-refractivity contribution is 0.115. The van der Waals surface area contributed by atoms with Gasteiger partial charge in [-0.15, -0.1) is 0 Å². The van der Waals surface area contributed by atoms with E-state index in [1.807, 2.05) is 41.0 Å². The molecule has 0 spiro atoms. The molecule has 2 saturated heterocycles. The summed E-state index contributed by atoms with van der Waals surface area (Å²) in [5, 5.41) is 2.96. The van der Waals surface area contributed by atoms with Gasteiger partial charge in [-0.25, -0.2) is 9.59 Å². The van der Waals surface area contributed by atoms with Gasteiger partial charge in [-0.3, -0.25) is 0 Å². The summed E-state index contributed by atoms with van der Waals surface area (Å²) in [6.45, 7) is 4.49. The van der Waals surface area contributed by atoms with Crippen molar-refractivity contribution in [2.45, 2.75) is 44.9 Å². The summed E-state index contributed by atoms with van der Waals surface area (Å²) >= 11 is 0. The van der Waals surface area contributed by atoms with Crippen LogP contribution >= 0.6 is 0 Å². The van der Waals surface area contributed by atoms with Crippen LogP contribution in [0, 0.1) is 0 Å². The van der Waals surface area contributed by atoms with Gasteiger partial charge in [-0.1, -0.05) is 19.1 Å². The van der Waals surface area contributed by atoms with Gasteiger partial charge in [0, 0.05) is 25.7 Å². The third-order valence-electron chi connectivity index (χ3n) is 5.15. The van der Waals surface area contributed by atoms with Crippen LogP contribution in [0.15, 0.2) is 24.3 Å². The van der Waals surface area contributed by atoms with Gasteiger partial charge in [0.25, 0.3) is 0 Å². The summed E-state index contributed by atoms with van der Waals surface area (Å²) in [6, 6.07) is 7.75. The Morgan fingerprint density at radius 2 is 1.96 bits per heavy atom. The third-order valence-corrected chi connectivity index (χ3v) is 5.15. The molecular formula is C19H27N3O4. The van der Waals surface area contributed by atoms with Crippen molar-refractivity contribution in [1.82, 2.24) is 15.1 Å². The minimum absolute atomic E-state index is 0.00771. The number of benzene rings is 1. The maximum Gasteiger partial charge on any atom is 0.410 e. The van der Waals surface area contributed by atoms with E-state index in [1.54, 1.807) is 7.11 Å².